The van der Waals surface area contributed by atoms with Gasteiger partial charge in [-0.15, -0.1) is 0 Å². The molecular weight excluding hydrogens is 209 g/mol. The van der Waals surface area contributed by atoms with E-state index in [1.807, 2.05) is 6.07 Å². The van der Waals surface area contributed by atoms with Gasteiger partial charge in [0.15, 0.2) is 0 Å². The molecule has 1 amide bonds. The number of nitrogens with zero attached hydrogens (tertiary/aromatic N) is 1. The van der Waals surface area contributed by atoms with E-state index in [0.717, 1.165) is 6.07 Å². The molecule has 1 aliphatic carbocycles. The zero-order valence-electron chi connectivity index (χ0n) is 8.46. The number of benzene rings is 1. The molecule has 0 aliphatic heterocycles. The number of carbonyl (C=O) groups excluding carboxylic acids is 1. The van der Waals surface area contributed by atoms with Crippen molar-refractivity contribution in [1.29, 1.82) is 5.26 Å². The van der Waals surface area contributed by atoms with Gasteiger partial charge in [0.1, 0.15) is 11.9 Å². The van der Waals surface area contributed by atoms with E-state index in [2.05, 4.69) is 5.32 Å². The summed E-state index contributed by atoms with van der Waals surface area (Å²) in [5, 5.41) is 11.3. The fourth-order valence-corrected chi connectivity index (χ4v) is 1.33. The van der Waals surface area contributed by atoms with Crippen LogP contribution in [0.3, 0.4) is 0 Å². The van der Waals surface area contributed by atoms with Crippen LogP contribution in [0.5, 0.6) is 0 Å². The summed E-state index contributed by atoms with van der Waals surface area (Å²) >= 11 is 0. The Morgan fingerprint density at radius 3 is 2.81 bits per heavy atom. The molecule has 0 aromatic heterocycles. The summed E-state index contributed by atoms with van der Waals surface area (Å²) in [6, 6.07) is 5.44. The minimum atomic E-state index is -0.804. The Morgan fingerprint density at radius 2 is 2.25 bits per heavy atom. The van der Waals surface area contributed by atoms with E-state index in [9.17, 15) is 9.18 Å². The van der Waals surface area contributed by atoms with Crippen molar-refractivity contribution < 1.29 is 9.18 Å². The number of nitrogens with one attached hydrogen (secondary N) is 1. The molecule has 1 aliphatic rings. The Balaban J connectivity index is 2.22. The van der Waals surface area contributed by atoms with Crippen molar-refractivity contribution in [2.24, 2.45) is 5.73 Å². The highest BCUT2D eigenvalue weighted by molar-refractivity contribution is 6.00. The molecule has 2 rings (SSSR count). The van der Waals surface area contributed by atoms with E-state index in [1.54, 1.807) is 0 Å². The summed E-state index contributed by atoms with van der Waals surface area (Å²) in [7, 11) is 0. The third-order valence-electron chi connectivity index (χ3n) is 2.59. The lowest BCUT2D eigenvalue weighted by Gasteiger charge is -2.10. The first-order valence-electron chi connectivity index (χ1n) is 4.85. The van der Waals surface area contributed by atoms with Crippen LogP contribution in [0.1, 0.15) is 18.4 Å². The largest absolute Gasteiger partial charge is 0.323 e. The smallest absolute Gasteiger partial charge is 0.244 e. The molecule has 5 heteroatoms. The molecule has 0 spiro atoms. The first kappa shape index (κ1) is 10.6. The van der Waals surface area contributed by atoms with Gasteiger partial charge in [-0.3, -0.25) is 4.79 Å². The van der Waals surface area contributed by atoms with Crippen LogP contribution < -0.4 is 11.1 Å². The molecule has 0 saturated heterocycles. The van der Waals surface area contributed by atoms with Gasteiger partial charge in [0.25, 0.3) is 0 Å². The first-order chi connectivity index (χ1) is 7.55. The van der Waals surface area contributed by atoms with Crippen molar-refractivity contribution in [1.82, 2.24) is 0 Å². The SMILES string of the molecule is N#Cc1cc(F)ccc1NC(=O)C1(N)CC1. The predicted octanol–water partition coefficient (Wildman–Crippen LogP) is 1.13. The molecular formula is C11H10FN3O. The molecule has 0 atom stereocenters. The fourth-order valence-electron chi connectivity index (χ4n) is 1.33. The van der Waals surface area contributed by atoms with Gasteiger partial charge in [0.05, 0.1) is 16.8 Å². The molecule has 0 radical (unpaired) electrons. The van der Waals surface area contributed by atoms with Crippen LogP contribution in [0, 0.1) is 17.1 Å². The lowest BCUT2D eigenvalue weighted by Crippen LogP contribution is -2.38. The van der Waals surface area contributed by atoms with Gasteiger partial charge in [0.2, 0.25) is 5.91 Å². The highest BCUT2D eigenvalue weighted by atomic mass is 19.1. The molecule has 1 fully saturated rings. The van der Waals surface area contributed by atoms with Crippen LogP contribution in [0.25, 0.3) is 0 Å². The number of hydrogen-bond donors (Lipinski definition) is 2. The van der Waals surface area contributed by atoms with Gasteiger partial charge in [-0.1, -0.05) is 0 Å². The molecule has 16 heavy (non-hydrogen) atoms. The topological polar surface area (TPSA) is 78.9 Å². The number of carbonyl (C=O) groups is 1. The Bertz CT molecular complexity index is 488. The minimum absolute atomic E-state index is 0.0950. The Hall–Kier alpha value is -1.93. The molecule has 0 heterocycles. The van der Waals surface area contributed by atoms with Crippen molar-refractivity contribution in [3.63, 3.8) is 0 Å². The number of amides is 1. The van der Waals surface area contributed by atoms with Crippen LogP contribution in [0.15, 0.2) is 18.2 Å². The summed E-state index contributed by atoms with van der Waals surface area (Å²) in [4.78, 5) is 11.6. The second-order valence-corrected chi connectivity index (χ2v) is 3.91. The standard InChI is InChI=1S/C11H10FN3O/c12-8-1-2-9(7(5-8)6-13)15-10(16)11(14)3-4-11/h1-2,5H,3-4,14H2,(H,15,16). The van der Waals surface area contributed by atoms with Gasteiger partial charge in [-0.25, -0.2) is 4.39 Å². The Labute approximate surface area is 91.9 Å². The van der Waals surface area contributed by atoms with Crippen LogP contribution in [0.2, 0.25) is 0 Å². The number of halogens is 1. The number of rotatable bonds is 2. The lowest BCUT2D eigenvalue weighted by molar-refractivity contribution is -0.118. The van der Waals surface area contributed by atoms with E-state index < -0.39 is 11.4 Å². The Morgan fingerprint density at radius 1 is 1.56 bits per heavy atom. The van der Waals surface area contributed by atoms with Crippen LogP contribution in [-0.4, -0.2) is 11.4 Å². The number of nitriles is 1. The van der Waals surface area contributed by atoms with Gasteiger partial charge < -0.3 is 11.1 Å². The Kier molecular flexibility index (Phi) is 2.37. The van der Waals surface area contributed by atoms with Gasteiger partial charge in [-0.05, 0) is 31.0 Å². The van der Waals surface area contributed by atoms with Crippen molar-refractivity contribution >= 4 is 11.6 Å². The highest BCUT2D eigenvalue weighted by Gasteiger charge is 2.46. The van der Waals surface area contributed by atoms with E-state index >= 15 is 0 Å². The highest BCUT2D eigenvalue weighted by Crippen LogP contribution is 2.33. The first-order valence-corrected chi connectivity index (χ1v) is 4.85. The van der Waals surface area contributed by atoms with Crippen LogP contribution >= 0.6 is 0 Å². The summed E-state index contributed by atoms with van der Waals surface area (Å²) in [5.74, 6) is -0.834. The molecule has 4 nitrogen and oxygen atoms in total. The van der Waals surface area contributed by atoms with E-state index in [0.29, 0.717) is 18.5 Å². The average Bonchev–Trinajstić information content (AvgIpc) is 3.00. The van der Waals surface area contributed by atoms with Gasteiger partial charge in [0, 0.05) is 0 Å². The molecule has 0 bridgehead atoms. The zero-order chi connectivity index (χ0) is 11.8. The van der Waals surface area contributed by atoms with Gasteiger partial charge >= 0.3 is 0 Å². The van der Waals surface area contributed by atoms with Crippen LogP contribution in [0.4, 0.5) is 10.1 Å². The van der Waals surface area contributed by atoms with Crippen molar-refractivity contribution in [2.75, 3.05) is 5.32 Å². The quantitative estimate of drug-likeness (QED) is 0.782. The van der Waals surface area contributed by atoms with E-state index in [1.165, 1.54) is 12.1 Å². The monoisotopic (exact) mass is 219 g/mol. The molecule has 0 unspecified atom stereocenters. The number of hydrogen-bond acceptors (Lipinski definition) is 3. The van der Waals surface area contributed by atoms with Crippen molar-refractivity contribution in [3.05, 3.63) is 29.6 Å². The second-order valence-electron chi connectivity index (χ2n) is 3.91. The minimum Gasteiger partial charge on any atom is -0.323 e. The van der Waals surface area contributed by atoms with Crippen molar-refractivity contribution in [2.45, 2.75) is 18.4 Å². The molecule has 3 N–H and O–H groups in total. The average molecular weight is 219 g/mol. The fraction of sp³-hybridized carbons (Fsp3) is 0.273. The number of nitrogens with two attached hydrogens (primary N) is 1. The second kappa shape index (κ2) is 3.58. The third-order valence-corrected chi connectivity index (χ3v) is 2.59. The summed E-state index contributed by atoms with van der Waals surface area (Å²) in [5.41, 5.74) is 5.28. The molecule has 1 saturated carbocycles. The molecule has 1 aromatic carbocycles. The number of anilines is 1. The summed E-state index contributed by atoms with van der Waals surface area (Å²) < 4.78 is 12.8. The normalized spacial score (nSPS) is 16.3. The van der Waals surface area contributed by atoms with Gasteiger partial charge in [-0.2, -0.15) is 5.26 Å². The summed E-state index contributed by atoms with van der Waals surface area (Å²) in [6.07, 6.45) is 1.28. The van der Waals surface area contributed by atoms with E-state index in [-0.39, 0.29) is 11.5 Å². The maximum atomic E-state index is 12.8. The maximum absolute atomic E-state index is 12.8. The van der Waals surface area contributed by atoms with Crippen molar-refractivity contribution in [3.8, 4) is 6.07 Å². The van der Waals surface area contributed by atoms with E-state index in [4.69, 9.17) is 11.0 Å². The maximum Gasteiger partial charge on any atom is 0.244 e. The lowest BCUT2D eigenvalue weighted by atomic mass is 10.1. The zero-order valence-corrected chi connectivity index (χ0v) is 8.46. The molecule has 82 valence electrons. The van der Waals surface area contributed by atoms with Crippen LogP contribution in [-0.2, 0) is 4.79 Å². The molecule has 1 aromatic rings. The predicted molar refractivity (Wildman–Crippen MR) is 55.9 cm³/mol. The third kappa shape index (κ3) is 1.88. The summed E-state index contributed by atoms with van der Waals surface area (Å²) in [6.45, 7) is 0.